The number of benzene rings is 2. The Morgan fingerprint density at radius 3 is 2.77 bits per heavy atom. The van der Waals surface area contributed by atoms with Crippen molar-refractivity contribution in [1.82, 2.24) is 5.43 Å². The standard InChI is InChI=1S/C22H21N3O5/c1-27-15-9-7-14(8-10-15)19-18-20(22-28-12-16(29-22)21(18)30-25-19)24-23-17(26)11-13-5-3-2-4-6-13/h2-10,16,18,21-22H,11-12H2,1H3,(H,23,26)/b24-20+/t16-,18+,21-,22+/m0/s1. The van der Waals surface area contributed by atoms with Gasteiger partial charge >= 0.3 is 0 Å². The summed E-state index contributed by atoms with van der Waals surface area (Å²) in [6, 6.07) is 17.1. The third-order valence-electron chi connectivity index (χ3n) is 5.44. The van der Waals surface area contributed by atoms with Crippen LogP contribution in [-0.4, -0.2) is 49.5 Å². The van der Waals surface area contributed by atoms with E-state index in [1.54, 1.807) is 7.11 Å². The van der Waals surface area contributed by atoms with E-state index in [9.17, 15) is 4.79 Å². The van der Waals surface area contributed by atoms with Crippen molar-refractivity contribution >= 4 is 17.3 Å². The molecule has 30 heavy (non-hydrogen) atoms. The van der Waals surface area contributed by atoms with Crippen LogP contribution in [0, 0.1) is 5.92 Å². The molecule has 1 N–H and O–H groups in total. The monoisotopic (exact) mass is 407 g/mol. The van der Waals surface area contributed by atoms with Crippen molar-refractivity contribution in [2.45, 2.75) is 24.9 Å². The summed E-state index contributed by atoms with van der Waals surface area (Å²) in [5.74, 6) is 0.279. The van der Waals surface area contributed by atoms with E-state index in [2.05, 4.69) is 15.7 Å². The minimum Gasteiger partial charge on any atom is -0.497 e. The highest BCUT2D eigenvalue weighted by Gasteiger charge is 2.55. The predicted molar refractivity (Wildman–Crippen MR) is 108 cm³/mol. The van der Waals surface area contributed by atoms with Gasteiger partial charge in [-0.3, -0.25) is 4.79 Å². The van der Waals surface area contributed by atoms with Crippen LogP contribution in [0.25, 0.3) is 0 Å². The van der Waals surface area contributed by atoms with Crippen molar-refractivity contribution in [3.05, 3.63) is 65.7 Å². The van der Waals surface area contributed by atoms with Gasteiger partial charge in [-0.1, -0.05) is 35.5 Å². The Labute approximate surface area is 173 Å². The number of hydrogen-bond acceptors (Lipinski definition) is 7. The molecule has 1 amide bonds. The molecule has 0 radical (unpaired) electrons. The molecule has 2 aromatic carbocycles. The number of carbonyl (C=O) groups is 1. The molecule has 3 aliphatic rings. The fourth-order valence-electron chi connectivity index (χ4n) is 3.94. The van der Waals surface area contributed by atoms with Gasteiger partial charge in [0.2, 0.25) is 5.91 Å². The second kappa shape index (κ2) is 7.89. The maximum atomic E-state index is 12.4. The Hall–Kier alpha value is -3.23. The first kappa shape index (κ1) is 18.8. The maximum Gasteiger partial charge on any atom is 0.244 e. The molecule has 3 heterocycles. The van der Waals surface area contributed by atoms with Crippen molar-refractivity contribution < 1.29 is 23.8 Å². The van der Waals surface area contributed by atoms with Gasteiger partial charge in [0.15, 0.2) is 12.4 Å². The zero-order chi connectivity index (χ0) is 20.5. The number of oxime groups is 1. The third-order valence-corrected chi connectivity index (χ3v) is 5.44. The van der Waals surface area contributed by atoms with Crippen LogP contribution in [0.4, 0.5) is 0 Å². The molecule has 0 aliphatic carbocycles. The van der Waals surface area contributed by atoms with Crippen LogP contribution in [0.5, 0.6) is 5.75 Å². The molecular weight excluding hydrogens is 386 g/mol. The molecule has 2 fully saturated rings. The largest absolute Gasteiger partial charge is 0.497 e. The van der Waals surface area contributed by atoms with E-state index in [1.807, 2.05) is 54.6 Å². The maximum absolute atomic E-state index is 12.4. The highest BCUT2D eigenvalue weighted by molar-refractivity contribution is 6.17. The number of amides is 1. The summed E-state index contributed by atoms with van der Waals surface area (Å²) in [6.45, 7) is 0.397. The van der Waals surface area contributed by atoms with E-state index >= 15 is 0 Å². The molecule has 3 aliphatic heterocycles. The molecule has 5 rings (SSSR count). The van der Waals surface area contributed by atoms with E-state index < -0.39 is 6.29 Å². The summed E-state index contributed by atoms with van der Waals surface area (Å²) >= 11 is 0. The lowest BCUT2D eigenvalue weighted by Gasteiger charge is -2.30. The van der Waals surface area contributed by atoms with E-state index in [4.69, 9.17) is 19.0 Å². The second-order valence-electron chi connectivity index (χ2n) is 7.33. The number of rotatable bonds is 5. The van der Waals surface area contributed by atoms with Gasteiger partial charge in [-0.2, -0.15) is 5.10 Å². The van der Waals surface area contributed by atoms with E-state index in [0.29, 0.717) is 12.3 Å². The molecule has 8 nitrogen and oxygen atoms in total. The summed E-state index contributed by atoms with van der Waals surface area (Å²) in [4.78, 5) is 18.1. The zero-order valence-corrected chi connectivity index (χ0v) is 16.4. The molecule has 2 bridgehead atoms. The lowest BCUT2D eigenvalue weighted by Crippen LogP contribution is -2.49. The number of carbonyl (C=O) groups excluding carboxylic acids is 1. The van der Waals surface area contributed by atoms with Gasteiger partial charge < -0.3 is 19.0 Å². The number of methoxy groups -OCH3 is 1. The topological polar surface area (TPSA) is 90.7 Å². The van der Waals surface area contributed by atoms with Gasteiger partial charge in [0.05, 0.1) is 31.8 Å². The van der Waals surface area contributed by atoms with Crippen LogP contribution in [0.15, 0.2) is 64.9 Å². The van der Waals surface area contributed by atoms with Gasteiger partial charge in [-0.05, 0) is 29.8 Å². The van der Waals surface area contributed by atoms with Crippen molar-refractivity contribution in [3.63, 3.8) is 0 Å². The Morgan fingerprint density at radius 2 is 2.00 bits per heavy atom. The lowest BCUT2D eigenvalue weighted by molar-refractivity contribution is -0.120. The first-order valence-corrected chi connectivity index (χ1v) is 9.78. The summed E-state index contributed by atoms with van der Waals surface area (Å²) < 4.78 is 16.8. The molecule has 2 saturated heterocycles. The van der Waals surface area contributed by atoms with Crippen LogP contribution in [-0.2, 0) is 25.5 Å². The van der Waals surface area contributed by atoms with Crippen molar-refractivity contribution in [2.75, 3.05) is 13.7 Å². The average Bonchev–Trinajstić information content (AvgIpc) is 3.41. The van der Waals surface area contributed by atoms with Gasteiger partial charge in [0, 0.05) is 5.56 Å². The first-order valence-electron chi connectivity index (χ1n) is 9.78. The Balaban J connectivity index is 1.39. The van der Waals surface area contributed by atoms with Crippen LogP contribution in [0.3, 0.4) is 0 Å². The molecule has 154 valence electrons. The molecule has 2 aromatic rings. The quantitative estimate of drug-likeness (QED) is 0.765. The molecule has 8 heteroatoms. The van der Waals surface area contributed by atoms with Crippen LogP contribution in [0.2, 0.25) is 0 Å². The summed E-state index contributed by atoms with van der Waals surface area (Å²) in [7, 11) is 1.62. The van der Waals surface area contributed by atoms with Crippen molar-refractivity contribution in [3.8, 4) is 5.75 Å². The highest BCUT2D eigenvalue weighted by Crippen LogP contribution is 2.38. The summed E-state index contributed by atoms with van der Waals surface area (Å²) in [6.07, 6.45) is -0.959. The molecule has 0 spiro atoms. The number of ether oxygens (including phenoxy) is 3. The number of hydrogen-bond donors (Lipinski definition) is 1. The Kier molecular flexibility index (Phi) is 4.94. The molecule has 0 unspecified atom stereocenters. The third kappa shape index (κ3) is 3.44. The Morgan fingerprint density at radius 1 is 1.20 bits per heavy atom. The van der Waals surface area contributed by atoms with E-state index in [-0.39, 0.29) is 30.5 Å². The Bertz CT molecular complexity index is 990. The molecule has 4 atom stereocenters. The minimum atomic E-state index is -0.626. The molecular formula is C22H21N3O5. The van der Waals surface area contributed by atoms with Gasteiger partial charge in [-0.25, -0.2) is 5.43 Å². The number of nitrogens with one attached hydrogen (secondary N) is 1. The highest BCUT2D eigenvalue weighted by atomic mass is 16.7. The second-order valence-corrected chi connectivity index (χ2v) is 7.33. The normalized spacial score (nSPS) is 27.9. The zero-order valence-electron chi connectivity index (χ0n) is 16.4. The fraction of sp³-hybridized carbons (Fsp3) is 0.318. The number of nitrogens with zero attached hydrogens (tertiary/aromatic N) is 2. The first-order chi connectivity index (χ1) is 14.7. The van der Waals surface area contributed by atoms with Crippen LogP contribution in [0.1, 0.15) is 11.1 Å². The van der Waals surface area contributed by atoms with Gasteiger partial charge in [0.1, 0.15) is 17.6 Å². The predicted octanol–water partition coefficient (Wildman–Crippen LogP) is 1.88. The number of hydrazone groups is 1. The smallest absolute Gasteiger partial charge is 0.244 e. The number of fused-ring (bicyclic) bond motifs is 4. The van der Waals surface area contributed by atoms with Crippen LogP contribution < -0.4 is 10.2 Å². The molecule has 0 aromatic heterocycles. The van der Waals surface area contributed by atoms with Crippen molar-refractivity contribution in [2.24, 2.45) is 16.2 Å². The molecule has 0 saturated carbocycles. The lowest BCUT2D eigenvalue weighted by atomic mass is 9.84. The average molecular weight is 407 g/mol. The van der Waals surface area contributed by atoms with Crippen LogP contribution >= 0.6 is 0 Å². The van der Waals surface area contributed by atoms with Gasteiger partial charge in [0.25, 0.3) is 0 Å². The minimum absolute atomic E-state index is 0.216. The van der Waals surface area contributed by atoms with Crippen molar-refractivity contribution in [1.29, 1.82) is 0 Å². The fourth-order valence-corrected chi connectivity index (χ4v) is 3.94. The summed E-state index contributed by atoms with van der Waals surface area (Å²) in [5.41, 5.74) is 5.75. The van der Waals surface area contributed by atoms with Gasteiger partial charge in [-0.15, -0.1) is 0 Å². The van der Waals surface area contributed by atoms with E-state index in [1.165, 1.54) is 0 Å². The van der Waals surface area contributed by atoms with E-state index in [0.717, 1.165) is 22.6 Å². The SMILES string of the molecule is COc1ccc(C2=NO[C@H]3[C@@H]4CO[C@H](O4)/C(=N/NC(=O)Cc4ccccc4)[C@@H]23)cc1. The summed E-state index contributed by atoms with van der Waals surface area (Å²) in [5, 5.41) is 8.71.